The first-order chi connectivity index (χ1) is 7.88. The van der Waals surface area contributed by atoms with Crippen LogP contribution in [-0.4, -0.2) is 0 Å². The van der Waals surface area contributed by atoms with Gasteiger partial charge in [-0.3, -0.25) is 0 Å². The van der Waals surface area contributed by atoms with E-state index >= 15 is 0 Å². The third-order valence-corrected chi connectivity index (χ3v) is 3.61. The fourth-order valence-electron chi connectivity index (χ4n) is 2.13. The highest BCUT2D eigenvalue weighted by molar-refractivity contribution is 9.08. The van der Waals surface area contributed by atoms with Crippen molar-refractivity contribution in [1.82, 2.24) is 0 Å². The molecule has 0 aliphatic carbocycles. The Bertz CT molecular complexity index is 656. The van der Waals surface area contributed by atoms with E-state index < -0.39 is 0 Å². The highest BCUT2D eigenvalue weighted by Crippen LogP contribution is 2.26. The average molecular weight is 271 g/mol. The first-order valence-electron chi connectivity index (χ1n) is 5.35. The molecule has 3 aromatic rings. The molecule has 0 fully saturated rings. The van der Waals surface area contributed by atoms with Crippen LogP contribution in [0.5, 0.6) is 0 Å². The molecule has 0 aliphatic rings. The van der Waals surface area contributed by atoms with E-state index in [1.165, 1.54) is 27.1 Å². The molecule has 0 saturated carbocycles. The lowest BCUT2D eigenvalue weighted by molar-refractivity contribution is 1.47. The van der Waals surface area contributed by atoms with Crippen LogP contribution in [0.2, 0.25) is 0 Å². The van der Waals surface area contributed by atoms with Gasteiger partial charge < -0.3 is 0 Å². The number of rotatable bonds is 1. The molecule has 0 aromatic heterocycles. The standard InChI is InChI=1S/C15H11Br/c16-10-11-5-6-13-8-7-12-3-1-2-4-14(12)15(13)9-11/h1-9H,10H2. The lowest BCUT2D eigenvalue weighted by Gasteiger charge is -2.05. The summed E-state index contributed by atoms with van der Waals surface area (Å²) in [6, 6.07) is 19.5. The van der Waals surface area contributed by atoms with Gasteiger partial charge in [-0.2, -0.15) is 0 Å². The molecule has 0 bridgehead atoms. The summed E-state index contributed by atoms with van der Waals surface area (Å²) in [6.45, 7) is 0. The van der Waals surface area contributed by atoms with Crippen LogP contribution in [0.1, 0.15) is 5.56 Å². The zero-order valence-corrected chi connectivity index (χ0v) is 10.4. The predicted molar refractivity (Wildman–Crippen MR) is 74.1 cm³/mol. The summed E-state index contributed by atoms with van der Waals surface area (Å²) in [4.78, 5) is 0. The molecule has 78 valence electrons. The van der Waals surface area contributed by atoms with Crippen molar-refractivity contribution in [2.45, 2.75) is 5.33 Å². The minimum absolute atomic E-state index is 0.909. The zero-order chi connectivity index (χ0) is 11.0. The lowest BCUT2D eigenvalue weighted by Crippen LogP contribution is -1.81. The Morgan fingerprint density at radius 2 is 1.44 bits per heavy atom. The van der Waals surface area contributed by atoms with E-state index in [-0.39, 0.29) is 0 Å². The van der Waals surface area contributed by atoms with Crippen molar-refractivity contribution in [3.8, 4) is 0 Å². The van der Waals surface area contributed by atoms with Gasteiger partial charge in [-0.05, 0) is 33.2 Å². The molecule has 0 saturated heterocycles. The number of halogens is 1. The van der Waals surface area contributed by atoms with Gasteiger partial charge in [-0.25, -0.2) is 0 Å². The summed E-state index contributed by atoms with van der Waals surface area (Å²) >= 11 is 3.51. The molecule has 3 rings (SSSR count). The van der Waals surface area contributed by atoms with Crippen LogP contribution in [0.15, 0.2) is 54.6 Å². The van der Waals surface area contributed by atoms with Crippen LogP contribution >= 0.6 is 15.9 Å². The third kappa shape index (κ3) is 1.52. The fraction of sp³-hybridized carbons (Fsp3) is 0.0667. The molecule has 16 heavy (non-hydrogen) atoms. The quantitative estimate of drug-likeness (QED) is 0.436. The molecule has 3 aromatic carbocycles. The van der Waals surface area contributed by atoms with Crippen molar-refractivity contribution in [3.05, 3.63) is 60.2 Å². The number of fused-ring (bicyclic) bond motifs is 3. The molecule has 0 radical (unpaired) electrons. The van der Waals surface area contributed by atoms with E-state index in [0.717, 1.165) is 5.33 Å². The first-order valence-corrected chi connectivity index (χ1v) is 6.47. The number of hydrogen-bond acceptors (Lipinski definition) is 0. The second-order valence-corrected chi connectivity index (χ2v) is 4.54. The maximum absolute atomic E-state index is 3.51. The van der Waals surface area contributed by atoms with Crippen molar-refractivity contribution in [3.63, 3.8) is 0 Å². The third-order valence-electron chi connectivity index (χ3n) is 2.97. The van der Waals surface area contributed by atoms with Gasteiger partial charge in [0, 0.05) is 5.33 Å². The molecule has 0 spiro atoms. The van der Waals surface area contributed by atoms with E-state index in [4.69, 9.17) is 0 Å². The summed E-state index contributed by atoms with van der Waals surface area (Å²) in [5.74, 6) is 0. The van der Waals surface area contributed by atoms with Crippen LogP contribution in [0, 0.1) is 0 Å². The van der Waals surface area contributed by atoms with Gasteiger partial charge in [0.2, 0.25) is 0 Å². The second-order valence-electron chi connectivity index (χ2n) is 3.98. The largest absolute Gasteiger partial charge is 0.0876 e. The highest BCUT2D eigenvalue weighted by Gasteiger charge is 2.00. The maximum Gasteiger partial charge on any atom is 0.0283 e. The van der Waals surface area contributed by atoms with Crippen molar-refractivity contribution in [1.29, 1.82) is 0 Å². The Hall–Kier alpha value is -1.34. The zero-order valence-electron chi connectivity index (χ0n) is 8.78. The monoisotopic (exact) mass is 270 g/mol. The first kappa shape index (κ1) is 9.86. The molecule has 1 heteroatoms. The van der Waals surface area contributed by atoms with Gasteiger partial charge in [-0.1, -0.05) is 64.5 Å². The van der Waals surface area contributed by atoms with Crippen molar-refractivity contribution < 1.29 is 0 Å². The minimum Gasteiger partial charge on any atom is -0.0876 e. The summed E-state index contributed by atoms with van der Waals surface area (Å²) in [6.07, 6.45) is 0. The SMILES string of the molecule is BrCc1ccc2ccc3ccccc3c2c1. The molecular formula is C15H11Br. The number of alkyl halides is 1. The molecule has 0 amide bonds. The topological polar surface area (TPSA) is 0 Å². The Morgan fingerprint density at radius 3 is 2.25 bits per heavy atom. The number of hydrogen-bond donors (Lipinski definition) is 0. The summed E-state index contributed by atoms with van der Waals surface area (Å²) in [5, 5.41) is 6.20. The van der Waals surface area contributed by atoms with Crippen LogP contribution in [0.25, 0.3) is 21.5 Å². The Labute approximate surface area is 103 Å². The fourth-order valence-corrected chi connectivity index (χ4v) is 2.48. The van der Waals surface area contributed by atoms with Crippen molar-refractivity contribution in [2.24, 2.45) is 0 Å². The van der Waals surface area contributed by atoms with E-state index in [0.29, 0.717) is 0 Å². The maximum atomic E-state index is 3.51. The van der Waals surface area contributed by atoms with Crippen LogP contribution in [0.4, 0.5) is 0 Å². The average Bonchev–Trinajstić information content (AvgIpc) is 2.38. The number of benzene rings is 3. The Morgan fingerprint density at radius 1 is 0.750 bits per heavy atom. The molecule has 0 nitrogen and oxygen atoms in total. The highest BCUT2D eigenvalue weighted by atomic mass is 79.9. The van der Waals surface area contributed by atoms with Gasteiger partial charge in [-0.15, -0.1) is 0 Å². The molecule has 0 unspecified atom stereocenters. The van der Waals surface area contributed by atoms with E-state index in [1.54, 1.807) is 0 Å². The summed E-state index contributed by atoms with van der Waals surface area (Å²) < 4.78 is 0. The molecule has 0 aliphatic heterocycles. The normalized spacial score (nSPS) is 11.1. The molecule has 0 heterocycles. The predicted octanol–water partition coefficient (Wildman–Crippen LogP) is 4.89. The van der Waals surface area contributed by atoms with E-state index in [1.807, 2.05) is 0 Å². The van der Waals surface area contributed by atoms with Crippen molar-refractivity contribution in [2.75, 3.05) is 0 Å². The van der Waals surface area contributed by atoms with Crippen LogP contribution < -0.4 is 0 Å². The molecular weight excluding hydrogens is 260 g/mol. The van der Waals surface area contributed by atoms with Crippen molar-refractivity contribution >= 4 is 37.5 Å². The van der Waals surface area contributed by atoms with E-state index in [2.05, 4.69) is 70.5 Å². The van der Waals surface area contributed by atoms with Crippen LogP contribution in [-0.2, 0) is 5.33 Å². The van der Waals surface area contributed by atoms with Gasteiger partial charge in [0.15, 0.2) is 0 Å². The Balaban J connectivity index is 2.47. The van der Waals surface area contributed by atoms with Gasteiger partial charge in [0.1, 0.15) is 0 Å². The minimum atomic E-state index is 0.909. The molecule has 0 N–H and O–H groups in total. The van der Waals surface area contributed by atoms with Gasteiger partial charge in [0.05, 0.1) is 0 Å². The summed E-state index contributed by atoms with van der Waals surface area (Å²) in [7, 11) is 0. The van der Waals surface area contributed by atoms with Crippen LogP contribution in [0.3, 0.4) is 0 Å². The second kappa shape index (κ2) is 3.91. The Kier molecular flexibility index (Phi) is 2.41. The van der Waals surface area contributed by atoms with Gasteiger partial charge >= 0.3 is 0 Å². The molecule has 0 atom stereocenters. The van der Waals surface area contributed by atoms with E-state index in [9.17, 15) is 0 Å². The van der Waals surface area contributed by atoms with Gasteiger partial charge in [0.25, 0.3) is 0 Å². The smallest absolute Gasteiger partial charge is 0.0283 e. The lowest BCUT2D eigenvalue weighted by atomic mass is 10.0. The summed E-state index contributed by atoms with van der Waals surface area (Å²) in [5.41, 5.74) is 1.32.